The topological polar surface area (TPSA) is 0 Å². The monoisotopic (exact) mass is 527 g/mol. The number of hydrogen-bond donors (Lipinski definition) is 0. The van der Waals surface area contributed by atoms with Crippen LogP contribution >= 0.6 is 17.0 Å². The van der Waals surface area contributed by atoms with Crippen LogP contribution in [0.1, 0.15) is 62.6 Å². The Morgan fingerprint density at radius 2 is 1.70 bits per heavy atom. The van der Waals surface area contributed by atoms with Crippen LogP contribution in [0.25, 0.3) is 11.1 Å². The van der Waals surface area contributed by atoms with Gasteiger partial charge in [-0.15, -0.1) is 28.8 Å². The van der Waals surface area contributed by atoms with Gasteiger partial charge in [0.15, 0.2) is 0 Å². The van der Waals surface area contributed by atoms with Crippen molar-refractivity contribution in [3.8, 4) is 11.1 Å². The molecule has 2 aliphatic rings. The van der Waals surface area contributed by atoms with E-state index in [2.05, 4.69) is 88.0 Å². The Balaban J connectivity index is 0.000000806. The van der Waals surface area contributed by atoms with Crippen LogP contribution < -0.4 is 0 Å². The molecule has 2 aromatic carbocycles. The van der Waals surface area contributed by atoms with Crippen LogP contribution in [0.2, 0.25) is 0 Å². The zero-order valence-corrected chi connectivity index (χ0v) is 23.4. The summed E-state index contributed by atoms with van der Waals surface area (Å²) in [5, 5.41) is 0. The third-order valence-electron chi connectivity index (χ3n) is 6.24. The van der Waals surface area contributed by atoms with E-state index in [1.54, 1.807) is 0 Å². The van der Waals surface area contributed by atoms with E-state index in [0.29, 0.717) is 11.8 Å². The van der Waals surface area contributed by atoms with Gasteiger partial charge in [-0.25, -0.2) is 0 Å². The molecule has 2 aliphatic carbocycles. The molecule has 0 aliphatic heterocycles. The first kappa shape index (κ1) is 23.9. The van der Waals surface area contributed by atoms with Gasteiger partial charge >= 0.3 is 37.9 Å². The molecular formula is C26H27Cl2SiZr-. The van der Waals surface area contributed by atoms with Gasteiger partial charge in [0, 0.05) is 5.92 Å². The molecule has 2 atom stereocenters. The fourth-order valence-electron chi connectivity index (χ4n) is 4.79. The van der Waals surface area contributed by atoms with Crippen LogP contribution in [0.4, 0.5) is 0 Å². The van der Waals surface area contributed by atoms with Gasteiger partial charge in [0.1, 0.15) is 0 Å². The third-order valence-corrected chi connectivity index (χ3v) is 6.68. The first-order chi connectivity index (χ1) is 14.5. The predicted molar refractivity (Wildman–Crippen MR) is 132 cm³/mol. The van der Waals surface area contributed by atoms with Crippen molar-refractivity contribution in [2.45, 2.75) is 46.0 Å². The molecule has 0 nitrogen and oxygen atoms in total. The average molecular weight is 530 g/mol. The molecule has 4 heteroatoms. The van der Waals surface area contributed by atoms with Gasteiger partial charge in [0.2, 0.25) is 0 Å². The summed E-state index contributed by atoms with van der Waals surface area (Å²) < 4.78 is 0. The van der Waals surface area contributed by atoms with Gasteiger partial charge in [0.25, 0.3) is 0 Å². The standard InChI is InChI=1S/C26H27Si.2ClH.Zr/c1-5-19-13-16(2)25(18(19)4)23-12-11-22-17(3)21(15-27)14-24(22)26(23)20-9-7-6-8-10-20;;;/h6-13,15,17,25H,5,27H2,1-4H3;2*1H;/q-1;;;+2/p-2. The summed E-state index contributed by atoms with van der Waals surface area (Å²) in [6.07, 6.45) is 7.25. The molecule has 30 heavy (non-hydrogen) atoms. The number of allylic oxidation sites excluding steroid dienone is 5. The summed E-state index contributed by atoms with van der Waals surface area (Å²) in [7, 11) is 11.8. The Hall–Kier alpha value is -0.790. The molecule has 0 saturated heterocycles. The van der Waals surface area contributed by atoms with Crippen molar-refractivity contribution in [1.29, 1.82) is 0 Å². The molecule has 0 saturated carbocycles. The summed E-state index contributed by atoms with van der Waals surface area (Å²) in [6, 6.07) is 15.6. The fraction of sp³-hybridized carbons (Fsp3) is 0.269. The van der Waals surface area contributed by atoms with Gasteiger partial charge in [-0.2, -0.15) is 5.67 Å². The quantitative estimate of drug-likeness (QED) is 0.292. The Kier molecular flexibility index (Phi) is 8.50. The maximum atomic E-state index is 4.93. The van der Waals surface area contributed by atoms with Crippen LogP contribution in [-0.2, 0) is 20.8 Å². The van der Waals surface area contributed by atoms with Crippen LogP contribution in [-0.4, -0.2) is 15.5 Å². The van der Waals surface area contributed by atoms with Gasteiger partial charge < -0.3 is 0 Å². The van der Waals surface area contributed by atoms with Crippen molar-refractivity contribution >= 4 is 32.6 Å². The third kappa shape index (κ3) is 4.53. The minimum absolute atomic E-state index is 0.383. The van der Waals surface area contributed by atoms with Crippen LogP contribution in [0.3, 0.4) is 0 Å². The second-order valence-electron chi connectivity index (χ2n) is 7.82. The average Bonchev–Trinajstić information content (AvgIpc) is 3.23. The second-order valence-corrected chi connectivity index (χ2v) is 12.0. The van der Waals surface area contributed by atoms with Crippen LogP contribution in [0, 0.1) is 6.08 Å². The normalized spacial score (nSPS) is 19.5. The predicted octanol–water partition coefficient (Wildman–Crippen LogP) is 7.13. The van der Waals surface area contributed by atoms with E-state index in [-0.39, 0.29) is 0 Å². The van der Waals surface area contributed by atoms with Crippen molar-refractivity contribution in [3.63, 3.8) is 0 Å². The minimum atomic E-state index is -0.826. The van der Waals surface area contributed by atoms with Crippen molar-refractivity contribution in [2.24, 2.45) is 0 Å². The number of halogens is 2. The Morgan fingerprint density at radius 1 is 1.07 bits per heavy atom. The van der Waals surface area contributed by atoms with Crippen molar-refractivity contribution < 1.29 is 20.8 Å². The van der Waals surface area contributed by atoms with Crippen LogP contribution in [0.5, 0.6) is 0 Å². The van der Waals surface area contributed by atoms with Crippen molar-refractivity contribution in [1.82, 2.24) is 0 Å². The fourth-order valence-corrected chi connectivity index (χ4v) is 5.25. The van der Waals surface area contributed by atoms with E-state index in [0.717, 1.165) is 6.42 Å². The summed E-state index contributed by atoms with van der Waals surface area (Å²) in [6.45, 7) is 9.16. The Morgan fingerprint density at radius 3 is 2.27 bits per heavy atom. The maximum absolute atomic E-state index is 4.93. The molecule has 154 valence electrons. The SMILES string of the molecule is CCC1=C(C)C(c2ccc3c(c2-c2ccccc2)[C-]=C(C=[SiH2])C3C)C(C)=C1.[Cl][Zr][Cl]. The molecule has 2 aromatic rings. The number of fused-ring (bicyclic) bond motifs is 1. The molecular weight excluding hydrogens is 503 g/mol. The first-order valence-corrected chi connectivity index (χ1v) is 17.5. The Bertz CT molecular complexity index is 1030. The molecule has 0 aromatic heterocycles. The van der Waals surface area contributed by atoms with E-state index in [1.165, 1.54) is 50.1 Å². The number of benzene rings is 2. The molecule has 0 N–H and O–H groups in total. The molecule has 0 radical (unpaired) electrons. The van der Waals surface area contributed by atoms with E-state index in [4.69, 9.17) is 17.0 Å². The van der Waals surface area contributed by atoms with Gasteiger partial charge in [-0.3, -0.25) is 0 Å². The van der Waals surface area contributed by atoms with Crippen molar-refractivity contribution in [3.05, 3.63) is 93.6 Å². The van der Waals surface area contributed by atoms with E-state index < -0.39 is 20.8 Å². The zero-order chi connectivity index (χ0) is 21.8. The van der Waals surface area contributed by atoms with Gasteiger partial charge in [-0.1, -0.05) is 94.0 Å². The molecule has 0 spiro atoms. The number of rotatable bonds is 4. The molecule has 4 rings (SSSR count). The van der Waals surface area contributed by atoms with E-state index >= 15 is 0 Å². The van der Waals surface area contributed by atoms with E-state index in [1.807, 2.05) is 9.85 Å². The zero-order valence-electron chi connectivity index (χ0n) is 18.0. The number of hydrogen-bond acceptors (Lipinski definition) is 0. The molecule has 0 amide bonds. The summed E-state index contributed by atoms with van der Waals surface area (Å²) in [5.41, 5.74) is 14.8. The molecule has 0 fully saturated rings. The molecule has 0 bridgehead atoms. The van der Waals surface area contributed by atoms with Gasteiger partial charge in [0.05, 0.1) is 0 Å². The summed E-state index contributed by atoms with van der Waals surface area (Å²) >= 11 is -0.826. The van der Waals surface area contributed by atoms with Crippen LogP contribution in [0.15, 0.2) is 70.8 Å². The van der Waals surface area contributed by atoms with E-state index in [9.17, 15) is 0 Å². The first-order valence-electron chi connectivity index (χ1n) is 10.3. The van der Waals surface area contributed by atoms with Gasteiger partial charge in [-0.05, 0) is 31.8 Å². The Labute approximate surface area is 202 Å². The summed E-state index contributed by atoms with van der Waals surface area (Å²) in [4.78, 5) is 0. The second kappa shape index (κ2) is 10.7. The molecule has 2 unspecified atom stereocenters. The van der Waals surface area contributed by atoms with Crippen molar-refractivity contribution in [2.75, 3.05) is 0 Å². The molecule has 0 heterocycles. The summed E-state index contributed by atoms with van der Waals surface area (Å²) in [5.74, 6) is 0.811.